The van der Waals surface area contributed by atoms with Gasteiger partial charge in [-0.3, -0.25) is 14.4 Å². The predicted octanol–water partition coefficient (Wildman–Crippen LogP) is 24.4. The Bertz CT molecular complexity index is 1590. The largest absolute Gasteiger partial charge is 0.462 e. The zero-order valence-corrected chi connectivity index (χ0v) is 54.2. The minimum atomic E-state index is -0.784. The minimum Gasteiger partial charge on any atom is -0.462 e. The van der Waals surface area contributed by atoms with Gasteiger partial charge in [-0.15, -0.1) is 0 Å². The zero-order valence-electron chi connectivity index (χ0n) is 54.2. The van der Waals surface area contributed by atoms with E-state index < -0.39 is 6.10 Å². The fraction of sp³-hybridized carbons (Fsp3) is 0.750. The van der Waals surface area contributed by atoms with Gasteiger partial charge in [0.25, 0.3) is 0 Å². The molecule has 6 heteroatoms. The molecule has 0 fully saturated rings. The highest BCUT2D eigenvalue weighted by Crippen LogP contribution is 2.18. The van der Waals surface area contributed by atoms with Crippen molar-refractivity contribution in [1.29, 1.82) is 0 Å². The first-order valence-corrected chi connectivity index (χ1v) is 35.2. The van der Waals surface area contributed by atoms with Crippen molar-refractivity contribution in [3.63, 3.8) is 0 Å². The van der Waals surface area contributed by atoms with Crippen LogP contribution in [0.25, 0.3) is 0 Å². The molecular weight excluding hydrogens is 1010 g/mol. The standard InChI is InChI=1S/C76H132O6/c1-4-7-10-13-16-19-22-25-28-30-32-33-34-35-36-37-38-39-40-41-42-43-44-46-48-51-54-57-60-63-66-69-75(78)81-72-73(71-80-74(77)68-65-62-59-56-53-50-47-27-24-21-18-15-12-9-6-3)82-76(79)70-67-64-61-58-55-52-49-45-31-29-26-23-20-17-14-11-8-5-2/h7,9-10,12,16,18-19,21,25,27-28,32-33,35-36,47,73H,4-6,8,11,13-15,17,20,22-24,26,29-31,34,37-46,48-72H2,1-3H3/b10-7-,12-9-,19-16-,21-18-,28-25-,33-32-,36-35-,47-27-. The summed E-state index contributed by atoms with van der Waals surface area (Å²) in [5, 5.41) is 0. The van der Waals surface area contributed by atoms with Crippen molar-refractivity contribution < 1.29 is 28.6 Å². The molecule has 0 saturated heterocycles. The summed E-state index contributed by atoms with van der Waals surface area (Å²) in [6.45, 7) is 6.45. The van der Waals surface area contributed by atoms with Gasteiger partial charge in [0.2, 0.25) is 0 Å². The molecule has 0 rings (SSSR count). The van der Waals surface area contributed by atoms with Crippen LogP contribution >= 0.6 is 0 Å². The molecule has 82 heavy (non-hydrogen) atoms. The van der Waals surface area contributed by atoms with Gasteiger partial charge in [-0.1, -0.05) is 330 Å². The van der Waals surface area contributed by atoms with Crippen molar-refractivity contribution in [2.45, 2.75) is 354 Å². The third-order valence-electron chi connectivity index (χ3n) is 15.3. The van der Waals surface area contributed by atoms with E-state index in [-0.39, 0.29) is 31.1 Å². The summed E-state index contributed by atoms with van der Waals surface area (Å²) in [6.07, 6.45) is 94.4. The van der Waals surface area contributed by atoms with Crippen molar-refractivity contribution in [2.75, 3.05) is 13.2 Å². The number of carbonyl (C=O) groups excluding carboxylic acids is 3. The van der Waals surface area contributed by atoms with Gasteiger partial charge in [0.15, 0.2) is 6.10 Å². The lowest BCUT2D eigenvalue weighted by molar-refractivity contribution is -0.167. The molecular formula is C76H132O6. The molecule has 0 N–H and O–H groups in total. The molecule has 6 nitrogen and oxygen atoms in total. The van der Waals surface area contributed by atoms with Gasteiger partial charge in [0, 0.05) is 19.3 Å². The maximum absolute atomic E-state index is 12.9. The van der Waals surface area contributed by atoms with Crippen molar-refractivity contribution in [3.05, 3.63) is 97.2 Å². The quantitative estimate of drug-likeness (QED) is 0.0261. The van der Waals surface area contributed by atoms with E-state index in [1.807, 2.05) is 0 Å². The molecule has 0 aliphatic rings. The van der Waals surface area contributed by atoms with E-state index in [4.69, 9.17) is 14.2 Å². The summed E-state index contributed by atoms with van der Waals surface area (Å²) in [6, 6.07) is 0. The van der Waals surface area contributed by atoms with Crippen molar-refractivity contribution in [2.24, 2.45) is 0 Å². The second-order valence-electron chi connectivity index (χ2n) is 23.4. The first-order chi connectivity index (χ1) is 40.5. The lowest BCUT2D eigenvalue weighted by Gasteiger charge is -2.18. The summed E-state index contributed by atoms with van der Waals surface area (Å²) >= 11 is 0. The molecule has 1 unspecified atom stereocenters. The Morgan fingerprint density at radius 1 is 0.256 bits per heavy atom. The highest BCUT2D eigenvalue weighted by atomic mass is 16.6. The average Bonchev–Trinajstić information content (AvgIpc) is 3.47. The van der Waals surface area contributed by atoms with Crippen LogP contribution in [-0.2, 0) is 28.6 Å². The smallest absolute Gasteiger partial charge is 0.306 e. The Morgan fingerprint density at radius 2 is 0.476 bits per heavy atom. The topological polar surface area (TPSA) is 78.9 Å². The van der Waals surface area contributed by atoms with Crippen LogP contribution in [-0.4, -0.2) is 37.2 Å². The van der Waals surface area contributed by atoms with Crippen molar-refractivity contribution >= 4 is 17.9 Å². The van der Waals surface area contributed by atoms with Gasteiger partial charge < -0.3 is 14.2 Å². The number of ether oxygens (including phenoxy) is 3. The Kier molecular flexibility index (Phi) is 66.7. The molecule has 0 aliphatic carbocycles. The molecule has 1 atom stereocenters. The predicted molar refractivity (Wildman–Crippen MR) is 357 cm³/mol. The summed E-state index contributed by atoms with van der Waals surface area (Å²) < 4.78 is 17.0. The van der Waals surface area contributed by atoms with Gasteiger partial charge in [-0.05, 0) is 96.3 Å². The van der Waals surface area contributed by atoms with E-state index in [2.05, 4.69) is 118 Å². The lowest BCUT2D eigenvalue weighted by Crippen LogP contribution is -2.30. The van der Waals surface area contributed by atoms with Crippen LogP contribution in [0.4, 0.5) is 0 Å². The number of unbranched alkanes of at least 4 members (excludes halogenated alkanes) is 37. The summed E-state index contributed by atoms with van der Waals surface area (Å²) in [4.78, 5) is 38.4. The fourth-order valence-electron chi connectivity index (χ4n) is 10.1. The summed E-state index contributed by atoms with van der Waals surface area (Å²) in [5.41, 5.74) is 0. The van der Waals surface area contributed by atoms with Crippen LogP contribution in [0.3, 0.4) is 0 Å². The second-order valence-corrected chi connectivity index (χ2v) is 23.4. The van der Waals surface area contributed by atoms with Gasteiger partial charge in [-0.2, -0.15) is 0 Å². The van der Waals surface area contributed by atoms with Gasteiger partial charge >= 0.3 is 17.9 Å². The van der Waals surface area contributed by atoms with E-state index >= 15 is 0 Å². The Labute approximate surface area is 508 Å². The number of carbonyl (C=O) groups is 3. The number of allylic oxidation sites excluding steroid dienone is 16. The van der Waals surface area contributed by atoms with E-state index in [0.29, 0.717) is 19.3 Å². The average molecular weight is 1140 g/mol. The number of esters is 3. The molecule has 0 aliphatic heterocycles. The highest BCUT2D eigenvalue weighted by Gasteiger charge is 2.19. The van der Waals surface area contributed by atoms with Crippen LogP contribution in [0.15, 0.2) is 97.2 Å². The van der Waals surface area contributed by atoms with E-state index in [0.717, 1.165) is 128 Å². The third-order valence-corrected chi connectivity index (χ3v) is 15.3. The number of hydrogen-bond acceptors (Lipinski definition) is 6. The van der Waals surface area contributed by atoms with E-state index in [9.17, 15) is 14.4 Å². The molecule has 0 aromatic carbocycles. The fourth-order valence-corrected chi connectivity index (χ4v) is 10.1. The van der Waals surface area contributed by atoms with Crippen LogP contribution in [0.1, 0.15) is 348 Å². The van der Waals surface area contributed by atoms with Crippen molar-refractivity contribution in [1.82, 2.24) is 0 Å². The summed E-state index contributed by atoms with van der Waals surface area (Å²) in [5.74, 6) is -0.877. The van der Waals surface area contributed by atoms with Gasteiger partial charge in [0.1, 0.15) is 13.2 Å². The Hall–Kier alpha value is -3.67. The van der Waals surface area contributed by atoms with Crippen LogP contribution in [0.2, 0.25) is 0 Å². The lowest BCUT2D eigenvalue weighted by atomic mass is 10.0. The molecule has 0 aromatic rings. The second kappa shape index (κ2) is 69.8. The first kappa shape index (κ1) is 78.3. The number of rotatable bonds is 64. The maximum Gasteiger partial charge on any atom is 0.306 e. The molecule has 0 aromatic heterocycles. The van der Waals surface area contributed by atoms with Crippen LogP contribution in [0, 0.1) is 0 Å². The molecule has 0 amide bonds. The van der Waals surface area contributed by atoms with Crippen LogP contribution in [0.5, 0.6) is 0 Å². The SMILES string of the molecule is CC/C=C\C/C=C\C/C=C\C/C=C\C/C=C\CCCCCCCCCCCCCCCCCC(=O)OCC(COC(=O)CCCCCCC/C=C\C/C=C\C/C=C\CC)OC(=O)CCCCCCCCCCCCCCCCCCCC. The number of hydrogen-bond donors (Lipinski definition) is 0. The molecule has 0 spiro atoms. The molecule has 0 heterocycles. The highest BCUT2D eigenvalue weighted by molar-refractivity contribution is 5.71. The molecule has 0 bridgehead atoms. The zero-order chi connectivity index (χ0) is 59.2. The monoisotopic (exact) mass is 1140 g/mol. The van der Waals surface area contributed by atoms with Crippen molar-refractivity contribution in [3.8, 4) is 0 Å². The summed E-state index contributed by atoms with van der Waals surface area (Å²) in [7, 11) is 0. The first-order valence-electron chi connectivity index (χ1n) is 35.2. The maximum atomic E-state index is 12.9. The Balaban J connectivity index is 4.24. The molecule has 0 saturated carbocycles. The Morgan fingerprint density at radius 3 is 0.744 bits per heavy atom. The third kappa shape index (κ3) is 67.1. The van der Waals surface area contributed by atoms with E-state index in [1.165, 1.54) is 180 Å². The van der Waals surface area contributed by atoms with Gasteiger partial charge in [-0.25, -0.2) is 0 Å². The minimum absolute atomic E-state index is 0.0789. The van der Waals surface area contributed by atoms with Crippen LogP contribution < -0.4 is 0 Å². The molecule has 472 valence electrons. The van der Waals surface area contributed by atoms with Gasteiger partial charge in [0.05, 0.1) is 0 Å². The normalized spacial score (nSPS) is 12.7. The van der Waals surface area contributed by atoms with E-state index in [1.54, 1.807) is 0 Å². The molecule has 0 radical (unpaired) electrons.